The number of carbonyl (C=O) groups excluding carboxylic acids is 3. The lowest BCUT2D eigenvalue weighted by molar-refractivity contribution is -0.119. The molecule has 0 spiro atoms. The second-order valence-electron chi connectivity index (χ2n) is 6.88. The van der Waals surface area contributed by atoms with Gasteiger partial charge in [0.1, 0.15) is 0 Å². The predicted molar refractivity (Wildman–Crippen MR) is 123 cm³/mol. The van der Waals surface area contributed by atoms with Crippen molar-refractivity contribution >= 4 is 39.2 Å². The fourth-order valence-corrected chi connectivity index (χ4v) is 3.39. The van der Waals surface area contributed by atoms with Gasteiger partial charge in [-0.05, 0) is 36.4 Å². The molecule has 4 N–H and O–H groups in total. The minimum Gasteiger partial charge on any atom is -0.493 e. The lowest BCUT2D eigenvalue weighted by Gasteiger charge is -2.15. The number of hydrogen-bond acceptors (Lipinski definition) is 9. The van der Waals surface area contributed by atoms with Crippen LogP contribution in [-0.2, 0) is 19.6 Å². The van der Waals surface area contributed by atoms with Gasteiger partial charge in [0, 0.05) is 17.8 Å². The number of carbonyl (C=O) groups is 3. The number of anilines is 2. The van der Waals surface area contributed by atoms with E-state index in [2.05, 4.69) is 10.6 Å². The van der Waals surface area contributed by atoms with Crippen LogP contribution >= 0.6 is 0 Å². The molecule has 3 rings (SSSR count). The predicted octanol–water partition coefficient (Wildman–Crippen LogP) is 1.99. The van der Waals surface area contributed by atoms with Crippen molar-refractivity contribution in [2.24, 2.45) is 5.14 Å². The van der Waals surface area contributed by atoms with Crippen molar-refractivity contribution in [3.8, 4) is 11.5 Å². The summed E-state index contributed by atoms with van der Waals surface area (Å²) in [5.74, 6) is -1.82. The summed E-state index contributed by atoms with van der Waals surface area (Å²) in [5.41, 5.74) is 0.192. The van der Waals surface area contributed by atoms with Crippen LogP contribution in [0.3, 0.4) is 0 Å². The number of primary sulfonamides is 1. The minimum atomic E-state index is -3.88. The third kappa shape index (κ3) is 6.37. The van der Waals surface area contributed by atoms with Crippen LogP contribution in [0.5, 0.6) is 11.5 Å². The van der Waals surface area contributed by atoms with Gasteiger partial charge in [-0.3, -0.25) is 9.59 Å². The van der Waals surface area contributed by atoms with Crippen molar-refractivity contribution in [2.45, 2.75) is 4.90 Å². The highest BCUT2D eigenvalue weighted by molar-refractivity contribution is 7.89. The van der Waals surface area contributed by atoms with E-state index in [0.29, 0.717) is 0 Å². The lowest BCUT2D eigenvalue weighted by atomic mass is 10.1. The molecule has 12 nitrogen and oxygen atoms in total. The van der Waals surface area contributed by atoms with E-state index in [1.54, 1.807) is 0 Å². The Morgan fingerprint density at radius 3 is 2.20 bits per heavy atom. The number of sulfonamides is 1. The first-order valence-corrected chi connectivity index (χ1v) is 11.4. The third-order valence-electron chi connectivity index (χ3n) is 4.54. The maximum atomic E-state index is 12.8. The number of methoxy groups -OCH3 is 2. The van der Waals surface area contributed by atoms with E-state index in [-0.39, 0.29) is 39.1 Å². The standard InChI is InChI=1S/C22H21N3O9S/c1-31-18-10-15(16(11-19(18)32-2)25-21(27)17-4-3-9-33-17)22(28)34-12-20(26)24-13-5-7-14(8-6-13)35(23,29)30/h3-11H,12H2,1-2H3,(H,24,26)(H,25,27)(H2,23,29,30). The molecule has 0 saturated carbocycles. The molecule has 1 heterocycles. The Kier molecular flexibility index (Phi) is 7.73. The molecule has 35 heavy (non-hydrogen) atoms. The summed E-state index contributed by atoms with van der Waals surface area (Å²) in [5, 5.41) is 10.0. The molecule has 0 fully saturated rings. The number of amides is 2. The van der Waals surface area contributed by atoms with Gasteiger partial charge < -0.3 is 29.3 Å². The van der Waals surface area contributed by atoms with Gasteiger partial charge in [-0.25, -0.2) is 18.4 Å². The molecule has 0 unspecified atom stereocenters. The molecule has 0 aliphatic carbocycles. The molecule has 0 bridgehead atoms. The van der Waals surface area contributed by atoms with Crippen molar-refractivity contribution in [3.63, 3.8) is 0 Å². The Morgan fingerprint density at radius 2 is 1.63 bits per heavy atom. The van der Waals surface area contributed by atoms with Crippen molar-refractivity contribution in [1.82, 2.24) is 0 Å². The molecule has 0 aliphatic heterocycles. The average molecular weight is 503 g/mol. The molecule has 3 aromatic rings. The van der Waals surface area contributed by atoms with Crippen LogP contribution in [0.4, 0.5) is 11.4 Å². The first-order chi connectivity index (χ1) is 16.6. The number of nitrogens with one attached hydrogen (secondary N) is 2. The maximum absolute atomic E-state index is 12.8. The second-order valence-corrected chi connectivity index (χ2v) is 8.44. The van der Waals surface area contributed by atoms with Gasteiger partial charge in [0.2, 0.25) is 10.0 Å². The van der Waals surface area contributed by atoms with E-state index < -0.39 is 34.4 Å². The van der Waals surface area contributed by atoms with Crippen LogP contribution < -0.4 is 25.2 Å². The monoisotopic (exact) mass is 503 g/mol. The topological polar surface area (TPSA) is 176 Å². The Hall–Kier alpha value is -4.36. The summed E-state index contributed by atoms with van der Waals surface area (Å²) in [6.45, 7) is -0.671. The van der Waals surface area contributed by atoms with E-state index in [1.807, 2.05) is 0 Å². The van der Waals surface area contributed by atoms with Crippen LogP contribution in [0.1, 0.15) is 20.9 Å². The number of benzene rings is 2. The van der Waals surface area contributed by atoms with E-state index in [9.17, 15) is 22.8 Å². The summed E-state index contributed by atoms with van der Waals surface area (Å²) >= 11 is 0. The second kappa shape index (κ2) is 10.7. The highest BCUT2D eigenvalue weighted by Gasteiger charge is 2.22. The first-order valence-electron chi connectivity index (χ1n) is 9.83. The maximum Gasteiger partial charge on any atom is 0.340 e. The quantitative estimate of drug-likeness (QED) is 0.369. The Labute approximate surface area is 200 Å². The molecular formula is C22H21N3O9S. The Bertz CT molecular complexity index is 1340. The molecule has 0 aliphatic rings. The molecule has 0 atom stereocenters. The van der Waals surface area contributed by atoms with Gasteiger partial charge in [-0.15, -0.1) is 0 Å². The summed E-state index contributed by atoms with van der Waals surface area (Å²) in [7, 11) is -1.13. The van der Waals surface area contributed by atoms with Gasteiger partial charge in [0.25, 0.3) is 11.8 Å². The van der Waals surface area contributed by atoms with E-state index in [4.69, 9.17) is 23.8 Å². The molecule has 1 aromatic heterocycles. The minimum absolute atomic E-state index is 0.00642. The fourth-order valence-electron chi connectivity index (χ4n) is 2.88. The van der Waals surface area contributed by atoms with Gasteiger partial charge in [-0.1, -0.05) is 0 Å². The van der Waals surface area contributed by atoms with Crippen LogP contribution in [0.2, 0.25) is 0 Å². The van der Waals surface area contributed by atoms with Crippen molar-refractivity contribution in [3.05, 3.63) is 66.1 Å². The third-order valence-corrected chi connectivity index (χ3v) is 5.47. The zero-order valence-corrected chi connectivity index (χ0v) is 19.4. The number of nitrogens with two attached hydrogens (primary N) is 1. The number of hydrogen-bond donors (Lipinski definition) is 3. The molecule has 2 aromatic carbocycles. The normalized spacial score (nSPS) is 10.8. The van der Waals surface area contributed by atoms with Gasteiger partial charge >= 0.3 is 5.97 Å². The van der Waals surface area contributed by atoms with Gasteiger partial charge in [0.15, 0.2) is 23.9 Å². The Balaban J connectivity index is 1.73. The van der Waals surface area contributed by atoms with E-state index >= 15 is 0 Å². The lowest BCUT2D eigenvalue weighted by Crippen LogP contribution is -2.22. The Morgan fingerprint density at radius 1 is 0.971 bits per heavy atom. The summed E-state index contributed by atoms with van der Waals surface area (Å²) in [6, 6.07) is 10.7. The summed E-state index contributed by atoms with van der Waals surface area (Å²) < 4.78 is 43.2. The fraction of sp³-hybridized carbons (Fsp3) is 0.136. The smallest absolute Gasteiger partial charge is 0.340 e. The molecule has 184 valence electrons. The molecule has 2 amide bonds. The van der Waals surface area contributed by atoms with E-state index in [0.717, 1.165) is 0 Å². The summed E-state index contributed by atoms with van der Waals surface area (Å²) in [4.78, 5) is 37.3. The van der Waals surface area contributed by atoms with E-state index in [1.165, 1.54) is 69.0 Å². The first kappa shape index (κ1) is 25.3. The SMILES string of the molecule is COc1cc(NC(=O)c2ccco2)c(C(=O)OCC(=O)Nc2ccc(S(N)(=O)=O)cc2)cc1OC. The van der Waals surface area contributed by atoms with Crippen LogP contribution in [0, 0.1) is 0 Å². The van der Waals surface area contributed by atoms with Crippen LogP contribution in [0.25, 0.3) is 0 Å². The zero-order valence-electron chi connectivity index (χ0n) is 18.6. The largest absolute Gasteiger partial charge is 0.493 e. The van der Waals surface area contributed by atoms with Gasteiger partial charge in [0.05, 0.1) is 36.6 Å². The molecule has 0 saturated heterocycles. The summed E-state index contributed by atoms with van der Waals surface area (Å²) in [6.07, 6.45) is 1.32. The highest BCUT2D eigenvalue weighted by atomic mass is 32.2. The number of ether oxygens (including phenoxy) is 3. The number of furan rings is 1. The van der Waals surface area contributed by atoms with Crippen molar-refractivity contribution in [2.75, 3.05) is 31.5 Å². The van der Waals surface area contributed by atoms with Crippen LogP contribution in [0.15, 0.2) is 64.1 Å². The average Bonchev–Trinajstić information content (AvgIpc) is 3.37. The number of esters is 1. The van der Waals surface area contributed by atoms with Crippen molar-refractivity contribution in [1.29, 1.82) is 0 Å². The number of rotatable bonds is 9. The zero-order chi connectivity index (χ0) is 25.6. The highest BCUT2D eigenvalue weighted by Crippen LogP contribution is 2.34. The van der Waals surface area contributed by atoms with Crippen molar-refractivity contribution < 1.29 is 41.4 Å². The van der Waals surface area contributed by atoms with Crippen LogP contribution in [-0.4, -0.2) is 47.0 Å². The molecule has 13 heteroatoms. The molecular weight excluding hydrogens is 482 g/mol. The molecule has 0 radical (unpaired) electrons. The van der Waals surface area contributed by atoms with Gasteiger partial charge in [-0.2, -0.15) is 0 Å².